The molecule has 0 saturated heterocycles. The Kier molecular flexibility index (Phi) is 6.26. The van der Waals surface area contributed by atoms with Crippen molar-refractivity contribution in [3.8, 4) is 35.1 Å². The van der Waals surface area contributed by atoms with Gasteiger partial charge < -0.3 is 5.32 Å². The number of anilines is 1. The number of hydrogen-bond donors (Lipinski definition) is 1. The Labute approximate surface area is 194 Å². The highest BCUT2D eigenvalue weighted by Crippen LogP contribution is 2.37. The van der Waals surface area contributed by atoms with E-state index in [0.29, 0.717) is 28.2 Å². The Morgan fingerprint density at radius 2 is 1.65 bits per heavy atom. The molecule has 0 spiro atoms. The number of rotatable bonds is 5. The molecule has 4 nitrogen and oxygen atoms in total. The van der Waals surface area contributed by atoms with Gasteiger partial charge in [-0.3, -0.25) is 4.98 Å². The topological polar surface area (TPSA) is 50.7 Å². The zero-order valence-electron chi connectivity index (χ0n) is 17.8. The number of nitrogens with zero attached hydrogens (tertiary/aromatic N) is 3. The molecule has 0 aliphatic rings. The number of terminal acetylenes is 1. The van der Waals surface area contributed by atoms with Gasteiger partial charge in [-0.2, -0.15) is 13.2 Å². The second-order valence-corrected chi connectivity index (χ2v) is 7.09. The highest BCUT2D eigenvalue weighted by atomic mass is 19.4. The van der Waals surface area contributed by atoms with E-state index >= 15 is 0 Å². The maximum atomic E-state index is 13.7. The van der Waals surface area contributed by atoms with Gasteiger partial charge in [0.2, 0.25) is 0 Å². The van der Waals surface area contributed by atoms with Gasteiger partial charge in [-0.15, -0.1) is 12.2 Å². The van der Waals surface area contributed by atoms with Crippen LogP contribution < -0.4 is 5.32 Å². The highest BCUT2D eigenvalue weighted by Gasteiger charge is 2.34. The molecule has 0 aliphatic heterocycles. The molecule has 2 aromatic heterocycles. The van der Waals surface area contributed by atoms with Crippen LogP contribution in [0.5, 0.6) is 0 Å². The molecule has 0 unspecified atom stereocenters. The van der Waals surface area contributed by atoms with E-state index in [0.717, 1.165) is 6.07 Å². The van der Waals surface area contributed by atoms with Crippen LogP contribution in [0.15, 0.2) is 91.3 Å². The van der Waals surface area contributed by atoms with Crippen LogP contribution in [-0.4, -0.2) is 15.0 Å². The molecule has 7 heteroatoms. The van der Waals surface area contributed by atoms with E-state index in [4.69, 9.17) is 6.42 Å². The van der Waals surface area contributed by atoms with Crippen LogP contribution in [0, 0.1) is 12.3 Å². The summed E-state index contributed by atoms with van der Waals surface area (Å²) in [7, 11) is 0. The summed E-state index contributed by atoms with van der Waals surface area (Å²) < 4.78 is 41.1. The maximum absolute atomic E-state index is 13.7. The van der Waals surface area contributed by atoms with E-state index in [-0.39, 0.29) is 17.2 Å². The van der Waals surface area contributed by atoms with Gasteiger partial charge in [-0.05, 0) is 24.3 Å². The van der Waals surface area contributed by atoms with Crippen molar-refractivity contribution in [2.24, 2.45) is 0 Å². The molecule has 4 rings (SSSR count). The normalized spacial score (nSPS) is 10.8. The molecule has 2 heterocycles. The zero-order valence-corrected chi connectivity index (χ0v) is 17.8. The summed E-state index contributed by atoms with van der Waals surface area (Å²) >= 11 is 0. The van der Waals surface area contributed by atoms with Crippen molar-refractivity contribution in [2.45, 2.75) is 6.18 Å². The van der Waals surface area contributed by atoms with Crippen LogP contribution in [0.25, 0.3) is 28.5 Å². The van der Waals surface area contributed by atoms with Gasteiger partial charge in [0.25, 0.3) is 0 Å². The van der Waals surface area contributed by atoms with Crippen molar-refractivity contribution < 1.29 is 13.2 Å². The smallest absolute Gasteiger partial charge is 0.333 e. The molecule has 0 amide bonds. The SMILES string of the molecule is C#Cc1ccccc1C(=C=C)Nc1cc(-c2ccccn2)nc(-c2ccccc2C(F)(F)F)n1. The number of nitrogens with one attached hydrogen (secondary N) is 1. The largest absolute Gasteiger partial charge is 0.417 e. The Balaban J connectivity index is 1.88. The molecule has 0 atom stereocenters. The standard InChI is InChI=1S/C27H17F3N4/c1-3-18-11-5-6-12-19(18)22(4-2)32-25-17-24(23-15-9-10-16-31-23)33-26(34-25)20-13-7-8-14-21(20)27(28,29)30/h1,5-17H,2H2,(H,32,33,34). The van der Waals surface area contributed by atoms with E-state index in [1.807, 2.05) is 0 Å². The molecule has 4 aromatic rings. The first-order valence-electron chi connectivity index (χ1n) is 10.1. The van der Waals surface area contributed by atoms with Crippen LogP contribution in [0.4, 0.5) is 19.0 Å². The lowest BCUT2D eigenvalue weighted by Crippen LogP contribution is -2.09. The van der Waals surface area contributed by atoms with Gasteiger partial charge in [-0.25, -0.2) is 9.97 Å². The Morgan fingerprint density at radius 3 is 2.35 bits per heavy atom. The molecule has 0 fully saturated rings. The average Bonchev–Trinajstić information content (AvgIpc) is 2.87. The minimum absolute atomic E-state index is 0.104. The quantitative estimate of drug-likeness (QED) is 0.278. The fourth-order valence-corrected chi connectivity index (χ4v) is 3.36. The summed E-state index contributed by atoms with van der Waals surface area (Å²) in [6, 6.07) is 19.1. The predicted octanol–water partition coefficient (Wildman–Crippen LogP) is 6.44. The number of pyridine rings is 1. The molecule has 1 N–H and O–H groups in total. The van der Waals surface area contributed by atoms with Gasteiger partial charge >= 0.3 is 6.18 Å². The van der Waals surface area contributed by atoms with E-state index in [1.54, 1.807) is 54.7 Å². The lowest BCUT2D eigenvalue weighted by Gasteiger charge is -2.15. The molecule has 166 valence electrons. The molecule has 0 saturated carbocycles. The van der Waals surface area contributed by atoms with Gasteiger partial charge in [0.15, 0.2) is 5.82 Å². The lowest BCUT2D eigenvalue weighted by atomic mass is 10.1. The van der Waals surface area contributed by atoms with Crippen molar-refractivity contribution in [3.05, 3.63) is 108 Å². The number of alkyl halides is 3. The van der Waals surface area contributed by atoms with Crippen LogP contribution in [-0.2, 0) is 6.18 Å². The molecular weight excluding hydrogens is 437 g/mol. The fourth-order valence-electron chi connectivity index (χ4n) is 3.36. The van der Waals surface area contributed by atoms with Crippen molar-refractivity contribution in [3.63, 3.8) is 0 Å². The maximum Gasteiger partial charge on any atom is 0.417 e. The molecule has 0 bridgehead atoms. The van der Waals surface area contributed by atoms with E-state index in [2.05, 4.69) is 38.5 Å². The first kappa shape index (κ1) is 22.5. The highest BCUT2D eigenvalue weighted by molar-refractivity contribution is 5.80. The van der Waals surface area contributed by atoms with Gasteiger partial charge in [0.1, 0.15) is 5.82 Å². The lowest BCUT2D eigenvalue weighted by molar-refractivity contribution is -0.137. The Morgan fingerprint density at radius 1 is 0.912 bits per heavy atom. The van der Waals surface area contributed by atoms with Crippen LogP contribution in [0.2, 0.25) is 0 Å². The number of benzene rings is 2. The summed E-state index contributed by atoms with van der Waals surface area (Å²) in [4.78, 5) is 13.1. The number of hydrogen-bond acceptors (Lipinski definition) is 4. The molecule has 2 aromatic carbocycles. The van der Waals surface area contributed by atoms with Crippen molar-refractivity contribution in [1.82, 2.24) is 15.0 Å². The molecular formula is C27H17F3N4. The predicted molar refractivity (Wildman–Crippen MR) is 126 cm³/mol. The van der Waals surface area contributed by atoms with Gasteiger partial charge in [0.05, 0.1) is 22.6 Å². The van der Waals surface area contributed by atoms with Crippen LogP contribution >= 0.6 is 0 Å². The third-order valence-electron chi connectivity index (χ3n) is 4.91. The van der Waals surface area contributed by atoms with Crippen LogP contribution in [0.3, 0.4) is 0 Å². The number of aromatic nitrogens is 3. The average molecular weight is 454 g/mol. The fraction of sp³-hybridized carbons (Fsp3) is 0.0370. The monoisotopic (exact) mass is 454 g/mol. The second kappa shape index (κ2) is 9.45. The second-order valence-electron chi connectivity index (χ2n) is 7.09. The molecule has 0 radical (unpaired) electrons. The number of halogens is 3. The summed E-state index contributed by atoms with van der Waals surface area (Å²) in [5, 5.41) is 3.09. The third kappa shape index (κ3) is 4.73. The summed E-state index contributed by atoms with van der Waals surface area (Å²) in [5.41, 5.74) is 4.31. The van der Waals surface area contributed by atoms with Gasteiger partial charge in [0, 0.05) is 29.0 Å². The summed E-state index contributed by atoms with van der Waals surface area (Å²) in [6.07, 6.45) is 2.61. The van der Waals surface area contributed by atoms with Crippen molar-refractivity contribution >= 4 is 11.5 Å². The van der Waals surface area contributed by atoms with E-state index in [9.17, 15) is 13.2 Å². The van der Waals surface area contributed by atoms with Crippen molar-refractivity contribution in [1.29, 1.82) is 0 Å². The van der Waals surface area contributed by atoms with Crippen LogP contribution in [0.1, 0.15) is 16.7 Å². The summed E-state index contributed by atoms with van der Waals surface area (Å²) in [5.74, 6) is 2.73. The first-order valence-corrected chi connectivity index (χ1v) is 10.1. The van der Waals surface area contributed by atoms with Gasteiger partial charge in [-0.1, -0.05) is 55.0 Å². The molecule has 34 heavy (non-hydrogen) atoms. The minimum atomic E-state index is -4.58. The Hall–Kier alpha value is -4.66. The van der Waals surface area contributed by atoms with Crippen molar-refractivity contribution in [2.75, 3.05) is 5.32 Å². The summed E-state index contributed by atoms with van der Waals surface area (Å²) in [6.45, 7) is 3.72. The zero-order chi connectivity index (χ0) is 24.1. The first-order chi connectivity index (χ1) is 16.4. The van der Waals surface area contributed by atoms with E-state index < -0.39 is 11.7 Å². The minimum Gasteiger partial charge on any atom is -0.333 e. The van der Waals surface area contributed by atoms with E-state index in [1.165, 1.54) is 18.2 Å². The Bertz CT molecular complexity index is 1430. The molecule has 0 aliphatic carbocycles. The third-order valence-corrected chi connectivity index (χ3v) is 4.91.